The first-order valence-electron chi connectivity index (χ1n) is 7.47. The lowest BCUT2D eigenvalue weighted by Crippen LogP contribution is -2.15. The molecule has 24 heavy (non-hydrogen) atoms. The van der Waals surface area contributed by atoms with Gasteiger partial charge < -0.3 is 9.84 Å². The Bertz CT molecular complexity index is 798. The number of carboxylic acids is 1. The molecule has 1 saturated carbocycles. The molecule has 1 aliphatic rings. The first kappa shape index (κ1) is 16.4. The summed E-state index contributed by atoms with van der Waals surface area (Å²) in [5, 5.41) is 13.0. The molecule has 3 rings (SSSR count). The Kier molecular flexibility index (Phi) is 4.28. The minimum absolute atomic E-state index is 0.0151. The van der Waals surface area contributed by atoms with E-state index < -0.39 is 5.97 Å². The summed E-state index contributed by atoms with van der Waals surface area (Å²) in [5.41, 5.74) is 0.0787. The maximum Gasteiger partial charge on any atom is 0.338 e. The number of hydrogen-bond donors (Lipinski definition) is 1. The molecule has 1 fully saturated rings. The number of carbonyl (C=O) groups excluding carboxylic acids is 1. The number of halogens is 1. The third kappa shape index (κ3) is 3.73. The largest absolute Gasteiger partial charge is 0.478 e. The van der Waals surface area contributed by atoms with Crippen molar-refractivity contribution in [3.63, 3.8) is 0 Å². The molecule has 0 radical (unpaired) electrons. The summed E-state index contributed by atoms with van der Waals surface area (Å²) in [7, 11) is 0. The fourth-order valence-electron chi connectivity index (χ4n) is 2.30. The van der Waals surface area contributed by atoms with Gasteiger partial charge in [-0.25, -0.2) is 14.5 Å². The van der Waals surface area contributed by atoms with Gasteiger partial charge in [-0.3, -0.25) is 4.79 Å². The quantitative estimate of drug-likeness (QED) is 0.772. The number of ether oxygens (including phenoxy) is 1. The normalized spacial score (nSPS) is 15.1. The van der Waals surface area contributed by atoms with Crippen LogP contribution in [0.5, 0.6) is 5.88 Å². The van der Waals surface area contributed by atoms with Gasteiger partial charge in [0.2, 0.25) is 5.88 Å². The lowest BCUT2D eigenvalue weighted by atomic mass is 10.0. The second-order valence-electron chi connectivity index (χ2n) is 6.23. The van der Waals surface area contributed by atoms with E-state index in [1.54, 1.807) is 12.3 Å². The van der Waals surface area contributed by atoms with E-state index in [0.29, 0.717) is 18.1 Å². The molecule has 1 aliphatic carbocycles. The number of rotatable bonds is 7. The number of Topliss-reactive ketones (excluding diaryl/α,β-unsaturated/α-hetero) is 1. The van der Waals surface area contributed by atoms with E-state index in [1.807, 2.05) is 0 Å². The van der Waals surface area contributed by atoms with Crippen LogP contribution in [0.25, 0.3) is 5.82 Å². The highest BCUT2D eigenvalue weighted by molar-refractivity contribution is 6.32. The second-order valence-corrected chi connectivity index (χ2v) is 6.58. The number of carbonyl (C=O) groups is 2. The molecule has 2 aromatic rings. The zero-order valence-electron chi connectivity index (χ0n) is 13.0. The predicted octanol–water partition coefficient (Wildman–Crippen LogP) is 2.76. The molecular weight excluding hydrogens is 334 g/mol. The fourth-order valence-corrected chi connectivity index (χ4v) is 2.53. The molecule has 0 aromatic carbocycles. The van der Waals surface area contributed by atoms with Crippen LogP contribution < -0.4 is 4.74 Å². The highest BCUT2D eigenvalue weighted by Gasteiger charge is 2.38. The first-order valence-corrected chi connectivity index (χ1v) is 7.84. The van der Waals surface area contributed by atoms with E-state index in [1.165, 1.54) is 16.8 Å². The molecule has 0 saturated heterocycles. The van der Waals surface area contributed by atoms with E-state index in [-0.39, 0.29) is 28.5 Å². The second kappa shape index (κ2) is 6.24. The van der Waals surface area contributed by atoms with Crippen molar-refractivity contribution >= 4 is 23.4 Å². The minimum Gasteiger partial charge on any atom is -0.478 e. The fraction of sp³-hybridized carbons (Fsp3) is 0.375. The number of nitrogens with zero attached hydrogens (tertiary/aromatic N) is 3. The van der Waals surface area contributed by atoms with Crippen molar-refractivity contribution in [2.75, 3.05) is 6.61 Å². The Hall–Kier alpha value is -2.41. The van der Waals surface area contributed by atoms with Crippen LogP contribution in [0.1, 0.15) is 36.5 Å². The standard InChI is InChI=1S/C16H16ClN3O4/c1-16(5-6-16)8-10(21)9-24-13-4-7-20(19-13)12-3-2-11(15(22)23)14(17)18-12/h2-4,7H,5-6,8-9H2,1H3,(H,22,23). The third-order valence-corrected chi connectivity index (χ3v) is 4.26. The van der Waals surface area contributed by atoms with E-state index in [4.69, 9.17) is 21.4 Å². The molecule has 0 spiro atoms. The zero-order chi connectivity index (χ0) is 17.3. The van der Waals surface area contributed by atoms with E-state index in [2.05, 4.69) is 17.0 Å². The van der Waals surface area contributed by atoms with Gasteiger partial charge in [0.05, 0.1) is 5.56 Å². The molecule has 0 bridgehead atoms. The summed E-state index contributed by atoms with van der Waals surface area (Å²) >= 11 is 5.84. The number of pyridine rings is 1. The molecule has 2 aromatic heterocycles. The van der Waals surface area contributed by atoms with Crippen molar-refractivity contribution < 1.29 is 19.4 Å². The van der Waals surface area contributed by atoms with Crippen LogP contribution in [0, 0.1) is 5.41 Å². The van der Waals surface area contributed by atoms with Crippen LogP contribution in [-0.4, -0.2) is 38.2 Å². The van der Waals surface area contributed by atoms with Crippen LogP contribution in [0.4, 0.5) is 0 Å². The molecule has 7 nitrogen and oxygen atoms in total. The Morgan fingerprint density at radius 1 is 1.38 bits per heavy atom. The Morgan fingerprint density at radius 3 is 2.75 bits per heavy atom. The topological polar surface area (TPSA) is 94.3 Å². The maximum atomic E-state index is 11.8. The average Bonchev–Trinajstić information content (AvgIpc) is 3.06. The summed E-state index contributed by atoms with van der Waals surface area (Å²) in [5.74, 6) is -0.441. The van der Waals surface area contributed by atoms with Gasteiger partial charge in [-0.2, -0.15) is 0 Å². The number of hydrogen-bond acceptors (Lipinski definition) is 5. The van der Waals surface area contributed by atoms with E-state index in [0.717, 1.165) is 12.8 Å². The van der Waals surface area contributed by atoms with E-state index in [9.17, 15) is 9.59 Å². The molecular formula is C16H16ClN3O4. The van der Waals surface area contributed by atoms with Gasteiger partial charge in [-0.05, 0) is 30.4 Å². The summed E-state index contributed by atoms with van der Waals surface area (Å²) < 4.78 is 6.80. The van der Waals surface area contributed by atoms with Crippen LogP contribution in [0.3, 0.4) is 0 Å². The van der Waals surface area contributed by atoms with Gasteiger partial charge in [-0.1, -0.05) is 18.5 Å². The molecule has 0 aliphatic heterocycles. The van der Waals surface area contributed by atoms with Crippen molar-refractivity contribution in [1.82, 2.24) is 14.8 Å². The molecule has 1 N–H and O–H groups in total. The third-order valence-electron chi connectivity index (χ3n) is 3.97. The number of carboxylic acid groups (broad SMARTS) is 1. The summed E-state index contributed by atoms with van der Waals surface area (Å²) in [4.78, 5) is 26.8. The van der Waals surface area contributed by atoms with Gasteiger partial charge >= 0.3 is 5.97 Å². The van der Waals surface area contributed by atoms with Crippen LogP contribution in [0.15, 0.2) is 24.4 Å². The molecule has 0 amide bonds. The zero-order valence-corrected chi connectivity index (χ0v) is 13.8. The number of aromatic carboxylic acids is 1. The summed E-state index contributed by atoms with van der Waals surface area (Å²) in [6.45, 7) is 2.08. The van der Waals surface area contributed by atoms with Gasteiger partial charge in [0.15, 0.2) is 11.6 Å². The molecule has 126 valence electrons. The van der Waals surface area contributed by atoms with Crippen molar-refractivity contribution in [3.8, 4) is 11.7 Å². The molecule has 2 heterocycles. The molecule has 8 heteroatoms. The number of aromatic nitrogens is 3. The summed E-state index contributed by atoms with van der Waals surface area (Å²) in [6, 6.07) is 4.45. The SMILES string of the molecule is CC1(CC(=O)COc2ccn(-c3ccc(C(=O)O)c(Cl)n3)n2)CC1. The van der Waals surface area contributed by atoms with E-state index >= 15 is 0 Å². The molecule has 0 unspecified atom stereocenters. The van der Waals surface area contributed by atoms with Crippen LogP contribution >= 0.6 is 11.6 Å². The first-order chi connectivity index (χ1) is 11.4. The smallest absolute Gasteiger partial charge is 0.338 e. The van der Waals surface area contributed by atoms with Gasteiger partial charge in [-0.15, -0.1) is 5.10 Å². The van der Waals surface area contributed by atoms with Gasteiger partial charge in [0.1, 0.15) is 11.8 Å². The maximum absolute atomic E-state index is 11.8. The summed E-state index contributed by atoms with van der Waals surface area (Å²) in [6.07, 6.45) is 4.31. The Balaban J connectivity index is 1.63. The van der Waals surface area contributed by atoms with Crippen molar-refractivity contribution in [3.05, 3.63) is 35.1 Å². The predicted molar refractivity (Wildman–Crippen MR) is 85.8 cm³/mol. The monoisotopic (exact) mass is 349 g/mol. The lowest BCUT2D eigenvalue weighted by Gasteiger charge is -2.07. The molecule has 0 atom stereocenters. The van der Waals surface area contributed by atoms with Crippen LogP contribution in [-0.2, 0) is 4.79 Å². The Labute approximate surface area is 143 Å². The highest BCUT2D eigenvalue weighted by atomic mass is 35.5. The van der Waals surface area contributed by atoms with Crippen molar-refractivity contribution in [2.45, 2.75) is 26.2 Å². The van der Waals surface area contributed by atoms with Crippen molar-refractivity contribution in [1.29, 1.82) is 0 Å². The number of ketones is 1. The highest BCUT2D eigenvalue weighted by Crippen LogP contribution is 2.48. The average molecular weight is 350 g/mol. The van der Waals surface area contributed by atoms with Gasteiger partial charge in [0, 0.05) is 18.7 Å². The Morgan fingerprint density at radius 2 is 2.12 bits per heavy atom. The lowest BCUT2D eigenvalue weighted by molar-refractivity contribution is -0.122. The minimum atomic E-state index is -1.15. The van der Waals surface area contributed by atoms with Crippen LogP contribution in [0.2, 0.25) is 5.15 Å². The van der Waals surface area contributed by atoms with Gasteiger partial charge in [0.25, 0.3) is 0 Å². The van der Waals surface area contributed by atoms with Crippen molar-refractivity contribution in [2.24, 2.45) is 5.41 Å².